The molecule has 25 nitrogen and oxygen atoms in total. The number of pyridine rings is 1. The number of amidine groups is 1. The lowest BCUT2D eigenvalue weighted by molar-refractivity contribution is -0.687. The highest BCUT2D eigenvalue weighted by Crippen LogP contribution is 2.41. The van der Waals surface area contributed by atoms with E-state index in [1.807, 2.05) is 39.8 Å². The number of β-lactam (4-membered cyclic amide) rings is 1. The van der Waals surface area contributed by atoms with E-state index < -0.39 is 93.2 Å². The lowest BCUT2D eigenvalue weighted by Crippen LogP contribution is -2.71. The molecule has 0 spiro atoms. The number of carbonyl (C=O) groups is 7. The minimum Gasteiger partial charge on any atom is -0.497 e. The number of amides is 5. The molecule has 3 N–H and O–H groups in total. The van der Waals surface area contributed by atoms with Gasteiger partial charge in [-0.2, -0.15) is 5.10 Å². The summed E-state index contributed by atoms with van der Waals surface area (Å²) in [5.74, 6) is -2.26. The normalized spacial score (nSPS) is 17.3. The number of nitrogens with zero attached hydrogens (tertiary/aromatic N) is 8. The van der Waals surface area contributed by atoms with Gasteiger partial charge >= 0.3 is 30.2 Å². The Labute approximate surface area is 531 Å². The van der Waals surface area contributed by atoms with Crippen molar-refractivity contribution in [3.63, 3.8) is 0 Å². The predicted octanol–water partition coefficient (Wildman–Crippen LogP) is 9.08. The number of rotatable bonds is 17. The number of thioether (sulfide) groups is 1. The first-order valence-electron chi connectivity index (χ1n) is 29.3. The second-order valence-corrected chi connectivity index (χ2v) is 28.3. The van der Waals surface area contributed by atoms with E-state index in [1.54, 1.807) is 138 Å². The topological polar surface area (TPSA) is 289 Å². The van der Waals surface area contributed by atoms with Crippen molar-refractivity contribution >= 4 is 92.7 Å². The van der Waals surface area contributed by atoms with Crippen LogP contribution in [0.25, 0.3) is 10.9 Å². The first-order chi connectivity index (χ1) is 42.0. The molecule has 0 radical (unpaired) electrons. The molecule has 6 heterocycles. The smallest absolute Gasteiger partial charge is 0.416 e. The van der Waals surface area contributed by atoms with Crippen LogP contribution in [0.1, 0.15) is 132 Å². The Hall–Kier alpha value is -8.59. The lowest BCUT2D eigenvalue weighted by Gasteiger charge is -2.49. The van der Waals surface area contributed by atoms with Crippen LogP contribution in [0.5, 0.6) is 5.75 Å². The number of thiazole rings is 1. The summed E-state index contributed by atoms with van der Waals surface area (Å²) in [5.41, 5.74) is -2.04. The summed E-state index contributed by atoms with van der Waals surface area (Å²) in [7, 11) is 1.54. The van der Waals surface area contributed by atoms with Crippen molar-refractivity contribution in [3.05, 3.63) is 112 Å². The quantitative estimate of drug-likeness (QED) is 0.0149. The first-order valence-corrected chi connectivity index (χ1v) is 31.2. The van der Waals surface area contributed by atoms with Gasteiger partial charge < -0.3 is 43.5 Å². The van der Waals surface area contributed by atoms with Gasteiger partial charge in [0.25, 0.3) is 11.8 Å². The number of esters is 2. The Morgan fingerprint density at radius 1 is 0.833 bits per heavy atom. The average Bonchev–Trinajstić information content (AvgIpc) is 1.01. The van der Waals surface area contributed by atoms with Crippen LogP contribution in [0.2, 0.25) is 0 Å². The maximum atomic E-state index is 14.5. The molecule has 3 atom stereocenters. The Morgan fingerprint density at radius 2 is 1.49 bits per heavy atom. The largest absolute Gasteiger partial charge is 0.497 e. The maximum absolute atomic E-state index is 14.5. The summed E-state index contributed by atoms with van der Waals surface area (Å²) >= 11 is 2.29. The van der Waals surface area contributed by atoms with Crippen molar-refractivity contribution in [1.29, 1.82) is 5.41 Å². The Balaban J connectivity index is 1.01. The van der Waals surface area contributed by atoms with Gasteiger partial charge in [0.05, 0.1) is 36.8 Å². The molecule has 0 bridgehead atoms. The van der Waals surface area contributed by atoms with Crippen molar-refractivity contribution in [1.82, 2.24) is 34.8 Å². The molecule has 5 aromatic rings. The molecule has 3 aliphatic rings. The summed E-state index contributed by atoms with van der Waals surface area (Å²) in [6.45, 7) is 24.7. The molecule has 0 aliphatic carbocycles. The van der Waals surface area contributed by atoms with Crippen LogP contribution in [0, 0.1) is 5.41 Å². The summed E-state index contributed by atoms with van der Waals surface area (Å²) in [4.78, 5) is 111. The standard InChI is InChI=1S/C63H79N11O14S2/c1-59(2,3)84-54(78)63(13,14)88-69-46(44-36-90-55(66-44)68-56(79)85-60(4,5)6)50(75)67-47-51(76)74-48(53(77)83-34-38-20-24-43(82-15)25-21-38)41(35-89-52(47)74)32-70-28-26-45-40(31-70)29-65-72(45)30-37-18-22-39(23-19-37)49(64)73(58(81)87-62(10,11)12)42-17-16-27-71(33-42)57(80)86-61(7,8)9/h18-26,28-29,31,36,42,47,52,64H,16-17,27,30,32-35H2,1-15H3,(H-,66,67,68,75,79)/p+1/t42-,47-,52-/m1/s1. The number of aromatic nitrogens is 4. The molecular weight excluding hydrogens is 1200 g/mol. The SMILES string of the molecule is COc1ccc(COC(=O)C2=C(C[n+]3ccc4c(cnn4Cc4ccc(C(=N)N(C(=O)OC(C)(C)C)[C@@H]5CCCN(C(=O)OC(C)(C)C)C5)cc4)c3)CS[C@@H]3[C@H](NC(=O)C(=NOC(C)(C)C(=O)OC(C)(C)C)c4csc(NC(=O)OC(C)(C)C)n4)C(=O)N23)cc1. The summed E-state index contributed by atoms with van der Waals surface area (Å²) in [5, 5.41) is 24.9. The highest BCUT2D eigenvalue weighted by atomic mass is 32.2. The molecule has 482 valence electrons. The van der Waals surface area contributed by atoms with Crippen LogP contribution >= 0.6 is 23.1 Å². The van der Waals surface area contributed by atoms with E-state index in [4.69, 9.17) is 38.4 Å². The second-order valence-electron chi connectivity index (χ2n) is 26.3. The van der Waals surface area contributed by atoms with Gasteiger partial charge in [0.15, 0.2) is 29.8 Å². The summed E-state index contributed by atoms with van der Waals surface area (Å²) in [6.07, 6.45) is 4.64. The molecule has 0 saturated carbocycles. The number of methoxy groups -OCH3 is 1. The van der Waals surface area contributed by atoms with E-state index in [-0.39, 0.29) is 47.8 Å². The van der Waals surface area contributed by atoms with Gasteiger partial charge in [-0.25, -0.2) is 33.5 Å². The minimum atomic E-state index is -1.70. The molecule has 2 saturated heterocycles. The number of likely N-dealkylation sites (tertiary alicyclic amines) is 1. The van der Waals surface area contributed by atoms with Crippen LogP contribution in [-0.2, 0) is 67.4 Å². The van der Waals surface area contributed by atoms with Crippen LogP contribution in [0.15, 0.2) is 95.0 Å². The fourth-order valence-electron chi connectivity index (χ4n) is 9.57. The molecule has 2 aromatic carbocycles. The number of benzene rings is 2. The Morgan fingerprint density at radius 3 is 2.13 bits per heavy atom. The number of oxime groups is 1. The van der Waals surface area contributed by atoms with Crippen molar-refractivity contribution < 1.29 is 71.4 Å². The van der Waals surface area contributed by atoms with Gasteiger partial charge in [0.1, 0.15) is 63.4 Å². The lowest BCUT2D eigenvalue weighted by atomic mass is 10.0. The molecule has 27 heteroatoms. The van der Waals surface area contributed by atoms with Crippen molar-refractivity contribution in [3.8, 4) is 5.75 Å². The zero-order chi connectivity index (χ0) is 65.8. The van der Waals surface area contributed by atoms with Crippen molar-refractivity contribution in [2.24, 2.45) is 5.16 Å². The number of nitrogens with one attached hydrogen (secondary N) is 3. The third-order valence-electron chi connectivity index (χ3n) is 13.7. The zero-order valence-corrected chi connectivity index (χ0v) is 55.1. The Kier molecular flexibility index (Phi) is 20.1. The number of hydrogen-bond donors (Lipinski definition) is 3. The number of piperidine rings is 1. The van der Waals surface area contributed by atoms with E-state index in [1.165, 1.54) is 40.8 Å². The van der Waals surface area contributed by atoms with Crippen molar-refractivity contribution in [2.45, 2.75) is 175 Å². The molecular formula is C63H80N11O14S2+. The maximum Gasteiger partial charge on any atom is 0.416 e. The number of hydrogen-bond acceptors (Lipinski definition) is 20. The number of fused-ring (bicyclic) bond motifs is 2. The molecule has 90 heavy (non-hydrogen) atoms. The monoisotopic (exact) mass is 1280 g/mol. The zero-order valence-electron chi connectivity index (χ0n) is 53.5. The van der Waals surface area contributed by atoms with E-state index in [9.17, 15) is 39.0 Å². The van der Waals surface area contributed by atoms with Crippen LogP contribution < -0.4 is 19.9 Å². The average molecular weight is 1280 g/mol. The number of carbonyl (C=O) groups excluding carboxylic acids is 7. The van der Waals surface area contributed by atoms with E-state index in [0.717, 1.165) is 27.8 Å². The third kappa shape index (κ3) is 17.2. The summed E-state index contributed by atoms with van der Waals surface area (Å²) in [6, 6.07) is 14.5. The van der Waals surface area contributed by atoms with Gasteiger partial charge in [0, 0.05) is 41.4 Å². The van der Waals surface area contributed by atoms with E-state index >= 15 is 0 Å². The number of anilines is 1. The third-order valence-corrected chi connectivity index (χ3v) is 15.8. The molecule has 8 rings (SSSR count). The van der Waals surface area contributed by atoms with E-state index in [2.05, 4.69) is 20.8 Å². The minimum absolute atomic E-state index is 0.0204. The highest BCUT2D eigenvalue weighted by molar-refractivity contribution is 8.00. The molecule has 3 aliphatic heterocycles. The first kappa shape index (κ1) is 67.3. The molecule has 5 amide bonds. The van der Waals surface area contributed by atoms with Gasteiger partial charge in [0.2, 0.25) is 5.60 Å². The summed E-state index contributed by atoms with van der Waals surface area (Å²) < 4.78 is 37.3. The van der Waals surface area contributed by atoms with E-state index in [0.29, 0.717) is 48.4 Å². The molecule has 2 fully saturated rings. The van der Waals surface area contributed by atoms with Crippen LogP contribution in [-0.4, -0.2) is 154 Å². The Bertz CT molecular complexity index is 3610. The van der Waals surface area contributed by atoms with Gasteiger partial charge in [-0.15, -0.1) is 23.1 Å². The fourth-order valence-corrected chi connectivity index (χ4v) is 11.6. The molecule has 0 unspecified atom stereocenters. The van der Waals surface area contributed by atoms with Crippen LogP contribution in [0.3, 0.4) is 0 Å². The van der Waals surface area contributed by atoms with Crippen molar-refractivity contribution in [2.75, 3.05) is 31.3 Å². The van der Waals surface area contributed by atoms with Gasteiger partial charge in [-0.05, 0) is 133 Å². The fraction of sp³-hybridized carbons (Fsp3) is 0.492. The van der Waals surface area contributed by atoms with Crippen LogP contribution in [0.4, 0.5) is 19.5 Å². The second kappa shape index (κ2) is 26.9. The van der Waals surface area contributed by atoms with Gasteiger partial charge in [-0.3, -0.25) is 34.8 Å². The number of ether oxygens (including phenoxy) is 6. The molecule has 3 aromatic heterocycles. The predicted molar refractivity (Wildman–Crippen MR) is 336 cm³/mol. The van der Waals surface area contributed by atoms with Gasteiger partial charge in [-0.1, -0.05) is 41.6 Å². The highest BCUT2D eigenvalue weighted by Gasteiger charge is 2.55.